The predicted molar refractivity (Wildman–Crippen MR) is 126 cm³/mol. The topological polar surface area (TPSA) is 37.8 Å². The summed E-state index contributed by atoms with van der Waals surface area (Å²) in [5.74, 6) is 1.74. The molecule has 0 saturated carbocycles. The standard InChI is InChI=1S/C25H35N3O2.3ClH.Fe/c1-5-27(6-2)14-16-29-22-12-13-23-21(19-22)18-20-10-9-11-24(25(20)26-23)30-17-15-28(7-3)8-4;;;;/h9-13,18-19H,5-8,14-17H2,1-4H3;3*1H;/q;;;;+3/p-3. The maximum atomic E-state index is 6.09. The largest absolute Gasteiger partial charge is 3.00 e. The molecule has 34 heavy (non-hydrogen) atoms. The summed E-state index contributed by atoms with van der Waals surface area (Å²) >= 11 is 0. The number of hydrogen-bond acceptors (Lipinski definition) is 5. The first-order valence-electron chi connectivity index (χ1n) is 11.2. The average molecular weight is 572 g/mol. The summed E-state index contributed by atoms with van der Waals surface area (Å²) in [6, 6.07) is 14.4. The molecule has 1 heterocycles. The van der Waals surface area contributed by atoms with Gasteiger partial charge in [-0.3, -0.25) is 0 Å². The van der Waals surface area contributed by atoms with Gasteiger partial charge in [0, 0.05) is 23.9 Å². The van der Waals surface area contributed by atoms with Gasteiger partial charge in [-0.25, -0.2) is 4.98 Å². The van der Waals surface area contributed by atoms with E-state index in [4.69, 9.17) is 14.5 Å². The number of nitrogens with zero attached hydrogens (tertiary/aromatic N) is 3. The number of ether oxygens (including phenoxy) is 2. The second-order valence-electron chi connectivity index (χ2n) is 7.42. The minimum absolute atomic E-state index is 0. The summed E-state index contributed by atoms with van der Waals surface area (Å²) < 4.78 is 12.1. The van der Waals surface area contributed by atoms with Crippen molar-refractivity contribution in [2.75, 3.05) is 52.5 Å². The fourth-order valence-electron chi connectivity index (χ4n) is 3.68. The third-order valence-corrected chi connectivity index (χ3v) is 5.70. The maximum absolute atomic E-state index is 6.09. The third-order valence-electron chi connectivity index (χ3n) is 5.70. The summed E-state index contributed by atoms with van der Waals surface area (Å²) in [4.78, 5) is 9.61. The molecule has 0 amide bonds. The van der Waals surface area contributed by atoms with E-state index in [1.165, 1.54) is 0 Å². The number of rotatable bonds is 12. The van der Waals surface area contributed by atoms with Gasteiger partial charge >= 0.3 is 17.1 Å². The number of fused-ring (bicyclic) bond motifs is 2. The molecule has 3 aromatic rings. The van der Waals surface area contributed by atoms with E-state index in [1.807, 2.05) is 24.3 Å². The van der Waals surface area contributed by atoms with Crippen molar-refractivity contribution in [1.29, 1.82) is 0 Å². The van der Waals surface area contributed by atoms with E-state index in [0.29, 0.717) is 13.2 Å². The molecule has 1 radical (unpaired) electrons. The summed E-state index contributed by atoms with van der Waals surface area (Å²) in [6.07, 6.45) is 0. The summed E-state index contributed by atoms with van der Waals surface area (Å²) in [5.41, 5.74) is 1.87. The molecule has 0 aliphatic carbocycles. The molecule has 3 rings (SSSR count). The first-order valence-corrected chi connectivity index (χ1v) is 11.2. The summed E-state index contributed by atoms with van der Waals surface area (Å²) in [7, 11) is 0. The van der Waals surface area contributed by atoms with E-state index in [1.54, 1.807) is 0 Å². The van der Waals surface area contributed by atoms with E-state index in [-0.39, 0.29) is 54.3 Å². The first-order chi connectivity index (χ1) is 14.7. The van der Waals surface area contributed by atoms with Gasteiger partial charge in [0.25, 0.3) is 0 Å². The molecule has 191 valence electrons. The van der Waals surface area contributed by atoms with Gasteiger partial charge in [0.15, 0.2) is 0 Å². The van der Waals surface area contributed by atoms with Crippen LogP contribution in [0.25, 0.3) is 21.8 Å². The van der Waals surface area contributed by atoms with E-state index < -0.39 is 0 Å². The molecular weight excluding hydrogens is 536 g/mol. The van der Waals surface area contributed by atoms with Crippen LogP contribution in [0.4, 0.5) is 0 Å². The number of likely N-dealkylation sites (N-methyl/N-ethyl adjacent to an activating group) is 2. The Hall–Kier alpha value is -0.981. The van der Waals surface area contributed by atoms with Crippen LogP contribution in [0.15, 0.2) is 42.5 Å². The van der Waals surface area contributed by atoms with Gasteiger partial charge in [0.05, 0.1) is 5.52 Å². The van der Waals surface area contributed by atoms with Crippen LogP contribution in [-0.2, 0) is 17.1 Å². The quantitative estimate of drug-likeness (QED) is 0.163. The van der Waals surface area contributed by atoms with E-state index >= 15 is 0 Å². The average Bonchev–Trinajstić information content (AvgIpc) is 2.78. The zero-order valence-electron chi connectivity index (χ0n) is 20.3. The van der Waals surface area contributed by atoms with E-state index in [0.717, 1.165) is 72.6 Å². The molecular formula is C25H35Cl3FeN3O2. The van der Waals surface area contributed by atoms with Gasteiger partial charge in [-0.05, 0) is 56.5 Å². The smallest absolute Gasteiger partial charge is 1.00 e. The van der Waals surface area contributed by atoms with Gasteiger partial charge in [0.2, 0.25) is 0 Å². The zero-order valence-corrected chi connectivity index (χ0v) is 23.7. The molecule has 0 unspecified atom stereocenters. The number of hydrogen-bond donors (Lipinski definition) is 0. The zero-order chi connectivity index (χ0) is 21.3. The molecule has 1 aromatic heterocycles. The van der Waals surface area contributed by atoms with Crippen LogP contribution in [0.1, 0.15) is 27.7 Å². The Labute approximate surface area is 233 Å². The SMILES string of the molecule is CCN(CC)CCOc1ccc2nc3c(OCCN(CC)CC)cccc3cc2c1.[Cl-].[Cl-].[Cl-].[Fe+3]. The second kappa shape index (κ2) is 18.3. The van der Waals surface area contributed by atoms with Crippen molar-refractivity contribution in [3.8, 4) is 11.5 Å². The van der Waals surface area contributed by atoms with Gasteiger partial charge in [-0.2, -0.15) is 0 Å². The maximum Gasteiger partial charge on any atom is 3.00 e. The number of pyridine rings is 1. The number of aromatic nitrogens is 1. The fourth-order valence-corrected chi connectivity index (χ4v) is 3.68. The number of halogens is 3. The van der Waals surface area contributed by atoms with E-state index in [2.05, 4.69) is 55.7 Å². The number of para-hydroxylation sites is 1. The Balaban J connectivity index is 0. The molecule has 0 atom stereocenters. The van der Waals surface area contributed by atoms with Gasteiger partial charge in [-0.15, -0.1) is 0 Å². The minimum Gasteiger partial charge on any atom is -1.00 e. The van der Waals surface area contributed by atoms with Crippen LogP contribution >= 0.6 is 0 Å². The van der Waals surface area contributed by atoms with Crippen molar-refractivity contribution in [3.05, 3.63) is 42.5 Å². The predicted octanol–water partition coefficient (Wildman–Crippen LogP) is -4.16. The summed E-state index contributed by atoms with van der Waals surface area (Å²) in [5, 5.41) is 2.17. The summed E-state index contributed by atoms with van der Waals surface area (Å²) in [6.45, 7) is 16.1. The normalized spacial score (nSPS) is 10.3. The van der Waals surface area contributed by atoms with Crippen LogP contribution in [0.2, 0.25) is 0 Å². The monoisotopic (exact) mass is 570 g/mol. The molecule has 0 fully saturated rings. The Kier molecular flexibility index (Phi) is 18.9. The molecule has 9 heteroatoms. The molecule has 0 spiro atoms. The van der Waals surface area contributed by atoms with Crippen LogP contribution in [0, 0.1) is 0 Å². The Morgan fingerprint density at radius 3 is 1.88 bits per heavy atom. The van der Waals surface area contributed by atoms with Crippen LogP contribution in [-0.4, -0.2) is 67.3 Å². The molecule has 0 bridgehead atoms. The van der Waals surface area contributed by atoms with Crippen LogP contribution < -0.4 is 46.7 Å². The minimum atomic E-state index is 0. The van der Waals surface area contributed by atoms with Crippen molar-refractivity contribution < 1.29 is 63.8 Å². The van der Waals surface area contributed by atoms with Gasteiger partial charge in [-0.1, -0.05) is 39.8 Å². The van der Waals surface area contributed by atoms with Crippen LogP contribution in [0.3, 0.4) is 0 Å². The van der Waals surface area contributed by atoms with Gasteiger partial charge in [0.1, 0.15) is 30.2 Å². The number of benzene rings is 2. The van der Waals surface area contributed by atoms with Gasteiger partial charge < -0.3 is 56.5 Å². The van der Waals surface area contributed by atoms with E-state index in [9.17, 15) is 0 Å². The molecule has 2 aromatic carbocycles. The Morgan fingerprint density at radius 1 is 0.706 bits per heavy atom. The van der Waals surface area contributed by atoms with Crippen molar-refractivity contribution in [3.63, 3.8) is 0 Å². The van der Waals surface area contributed by atoms with Crippen molar-refractivity contribution in [1.82, 2.24) is 14.8 Å². The molecule has 0 aliphatic rings. The van der Waals surface area contributed by atoms with Crippen molar-refractivity contribution in [2.24, 2.45) is 0 Å². The fraction of sp³-hybridized carbons (Fsp3) is 0.480. The molecule has 0 saturated heterocycles. The second-order valence-corrected chi connectivity index (χ2v) is 7.42. The van der Waals surface area contributed by atoms with Crippen molar-refractivity contribution in [2.45, 2.75) is 27.7 Å². The third kappa shape index (κ3) is 9.58. The van der Waals surface area contributed by atoms with Crippen LogP contribution in [0.5, 0.6) is 11.5 Å². The van der Waals surface area contributed by atoms with Crippen molar-refractivity contribution >= 4 is 21.8 Å². The molecule has 5 nitrogen and oxygen atoms in total. The Morgan fingerprint density at radius 2 is 1.29 bits per heavy atom. The Bertz CT molecular complexity index is 956. The molecule has 0 N–H and O–H groups in total. The first kappa shape index (κ1) is 35.2. The molecule has 0 aliphatic heterocycles.